The van der Waals surface area contributed by atoms with Crippen molar-refractivity contribution in [1.29, 1.82) is 0 Å². The van der Waals surface area contributed by atoms with Gasteiger partial charge in [-0.05, 0) is 48.9 Å². The van der Waals surface area contributed by atoms with Crippen molar-refractivity contribution < 1.29 is 9.59 Å². The summed E-state index contributed by atoms with van der Waals surface area (Å²) in [5.74, 6) is -0.641. The van der Waals surface area contributed by atoms with Crippen molar-refractivity contribution in [3.63, 3.8) is 0 Å². The summed E-state index contributed by atoms with van der Waals surface area (Å²) in [5.41, 5.74) is 2.25. The summed E-state index contributed by atoms with van der Waals surface area (Å²) in [6.45, 7) is 3.12. The van der Waals surface area contributed by atoms with Crippen molar-refractivity contribution >= 4 is 34.2 Å². The van der Waals surface area contributed by atoms with Crippen molar-refractivity contribution in [2.24, 2.45) is 0 Å². The number of carbonyl (C=O) groups excluding carboxylic acids is 2. The molecule has 0 saturated heterocycles. The standard InChI is InChI=1S/C25H23N5O4/c1-16-5-7-18(8-6-16)14-30-24(33)23-21(4-3-13-26-23)29(25(30)34)15-22(32)28-20-11-9-19(10-12-20)27-17(2)31/h3-13H,14-15H2,1-2H3,(H,27,31)(H,28,32). The predicted octanol–water partition coefficient (Wildman–Crippen LogP) is 2.51. The average Bonchev–Trinajstić information content (AvgIpc) is 2.81. The Kier molecular flexibility index (Phi) is 6.35. The smallest absolute Gasteiger partial charge is 0.326 e. The van der Waals surface area contributed by atoms with E-state index in [2.05, 4.69) is 15.6 Å². The molecule has 0 unspecified atom stereocenters. The first-order chi connectivity index (χ1) is 16.3. The van der Waals surface area contributed by atoms with Gasteiger partial charge in [0.05, 0.1) is 12.1 Å². The number of nitrogens with one attached hydrogen (secondary N) is 2. The quantitative estimate of drug-likeness (QED) is 0.462. The van der Waals surface area contributed by atoms with Gasteiger partial charge in [-0.1, -0.05) is 29.8 Å². The van der Waals surface area contributed by atoms with E-state index in [0.29, 0.717) is 11.4 Å². The molecule has 0 spiro atoms. The van der Waals surface area contributed by atoms with Crippen molar-refractivity contribution in [2.45, 2.75) is 26.9 Å². The van der Waals surface area contributed by atoms with Crippen molar-refractivity contribution in [1.82, 2.24) is 14.1 Å². The number of nitrogens with zero attached hydrogens (tertiary/aromatic N) is 3. The third-order valence-electron chi connectivity index (χ3n) is 5.24. The first-order valence-electron chi connectivity index (χ1n) is 10.6. The highest BCUT2D eigenvalue weighted by Gasteiger charge is 2.16. The first kappa shape index (κ1) is 22.7. The van der Waals surface area contributed by atoms with E-state index in [1.54, 1.807) is 36.4 Å². The van der Waals surface area contributed by atoms with Gasteiger partial charge in [0.25, 0.3) is 5.56 Å². The van der Waals surface area contributed by atoms with E-state index >= 15 is 0 Å². The molecular formula is C25H23N5O4. The van der Waals surface area contributed by atoms with Gasteiger partial charge in [-0.25, -0.2) is 9.78 Å². The van der Waals surface area contributed by atoms with E-state index in [1.807, 2.05) is 31.2 Å². The number of amides is 2. The van der Waals surface area contributed by atoms with Gasteiger partial charge in [-0.3, -0.25) is 23.5 Å². The Balaban J connectivity index is 1.65. The molecule has 2 aromatic carbocycles. The summed E-state index contributed by atoms with van der Waals surface area (Å²) < 4.78 is 2.34. The third-order valence-corrected chi connectivity index (χ3v) is 5.24. The fourth-order valence-corrected chi connectivity index (χ4v) is 3.60. The number of carbonyl (C=O) groups is 2. The highest BCUT2D eigenvalue weighted by Crippen LogP contribution is 2.14. The highest BCUT2D eigenvalue weighted by atomic mass is 16.2. The van der Waals surface area contributed by atoms with Gasteiger partial charge < -0.3 is 10.6 Å². The zero-order valence-corrected chi connectivity index (χ0v) is 18.7. The molecule has 2 N–H and O–H groups in total. The molecule has 9 nitrogen and oxygen atoms in total. The van der Waals surface area contributed by atoms with Gasteiger partial charge >= 0.3 is 5.69 Å². The maximum absolute atomic E-state index is 13.3. The molecule has 4 rings (SSSR count). The maximum Gasteiger partial charge on any atom is 0.332 e. The Morgan fingerprint density at radius 1 is 0.882 bits per heavy atom. The summed E-state index contributed by atoms with van der Waals surface area (Å²) in [6.07, 6.45) is 1.48. The Bertz CT molecular complexity index is 1490. The number of pyridine rings is 1. The van der Waals surface area contributed by atoms with E-state index in [0.717, 1.165) is 15.7 Å². The molecule has 0 atom stereocenters. The van der Waals surface area contributed by atoms with Gasteiger partial charge in [0, 0.05) is 24.5 Å². The zero-order valence-electron chi connectivity index (χ0n) is 18.7. The molecule has 0 aliphatic rings. The fourth-order valence-electron chi connectivity index (χ4n) is 3.60. The molecule has 2 amide bonds. The van der Waals surface area contributed by atoms with E-state index in [9.17, 15) is 19.2 Å². The van der Waals surface area contributed by atoms with Gasteiger partial charge in [0.15, 0.2) is 5.52 Å². The van der Waals surface area contributed by atoms with Crippen LogP contribution in [-0.4, -0.2) is 25.9 Å². The third kappa shape index (κ3) is 4.93. The minimum atomic E-state index is -0.595. The van der Waals surface area contributed by atoms with Crippen LogP contribution in [0.15, 0.2) is 76.4 Å². The number of rotatable bonds is 6. The number of hydrogen-bond acceptors (Lipinski definition) is 5. The molecule has 4 aromatic rings. The fraction of sp³-hybridized carbons (Fsp3) is 0.160. The van der Waals surface area contributed by atoms with Crippen LogP contribution in [0.3, 0.4) is 0 Å². The van der Waals surface area contributed by atoms with E-state index in [-0.39, 0.29) is 30.0 Å². The topological polar surface area (TPSA) is 115 Å². The summed E-state index contributed by atoms with van der Waals surface area (Å²) in [6, 6.07) is 17.3. The van der Waals surface area contributed by atoms with Crippen LogP contribution in [0.4, 0.5) is 11.4 Å². The maximum atomic E-state index is 13.3. The first-order valence-corrected chi connectivity index (χ1v) is 10.6. The lowest BCUT2D eigenvalue weighted by molar-refractivity contribution is -0.117. The summed E-state index contributed by atoms with van der Waals surface area (Å²) >= 11 is 0. The van der Waals surface area contributed by atoms with Crippen LogP contribution >= 0.6 is 0 Å². The van der Waals surface area contributed by atoms with Crippen LogP contribution in [0.2, 0.25) is 0 Å². The van der Waals surface area contributed by atoms with Crippen LogP contribution in [-0.2, 0) is 22.7 Å². The lowest BCUT2D eigenvalue weighted by atomic mass is 10.1. The molecule has 34 heavy (non-hydrogen) atoms. The summed E-state index contributed by atoms with van der Waals surface area (Å²) in [7, 11) is 0. The van der Waals surface area contributed by atoms with Crippen molar-refractivity contribution in [3.8, 4) is 0 Å². The monoisotopic (exact) mass is 457 g/mol. The molecule has 172 valence electrons. The number of hydrogen-bond donors (Lipinski definition) is 2. The van der Waals surface area contributed by atoms with Crippen molar-refractivity contribution in [2.75, 3.05) is 10.6 Å². The Morgan fingerprint density at radius 3 is 2.18 bits per heavy atom. The minimum absolute atomic E-state index is 0.0662. The largest absolute Gasteiger partial charge is 0.332 e. The number of aryl methyl sites for hydroxylation is 1. The molecule has 0 aliphatic heterocycles. The Hall–Kier alpha value is -4.53. The number of aromatic nitrogens is 3. The predicted molar refractivity (Wildman–Crippen MR) is 130 cm³/mol. The van der Waals surface area contributed by atoms with E-state index in [1.165, 1.54) is 17.7 Å². The summed E-state index contributed by atoms with van der Waals surface area (Å²) in [5, 5.41) is 5.38. The molecule has 2 aromatic heterocycles. The second-order valence-electron chi connectivity index (χ2n) is 7.92. The van der Waals surface area contributed by atoms with Crippen LogP contribution in [0.25, 0.3) is 11.0 Å². The second-order valence-corrected chi connectivity index (χ2v) is 7.92. The van der Waals surface area contributed by atoms with Crippen LogP contribution in [0.5, 0.6) is 0 Å². The van der Waals surface area contributed by atoms with Gasteiger partial charge in [0.1, 0.15) is 6.54 Å². The average molecular weight is 457 g/mol. The second kappa shape index (κ2) is 9.53. The van der Waals surface area contributed by atoms with Crippen LogP contribution in [0, 0.1) is 6.92 Å². The van der Waals surface area contributed by atoms with Crippen molar-refractivity contribution in [3.05, 3.63) is 98.8 Å². The van der Waals surface area contributed by atoms with Gasteiger partial charge in [0.2, 0.25) is 11.8 Å². The highest BCUT2D eigenvalue weighted by molar-refractivity contribution is 5.92. The molecule has 0 saturated carbocycles. The lowest BCUT2D eigenvalue weighted by Gasteiger charge is -2.14. The zero-order chi connectivity index (χ0) is 24.2. The van der Waals surface area contributed by atoms with Crippen LogP contribution < -0.4 is 21.9 Å². The molecule has 0 fully saturated rings. The Morgan fingerprint density at radius 2 is 1.53 bits per heavy atom. The van der Waals surface area contributed by atoms with Gasteiger partial charge in [-0.2, -0.15) is 0 Å². The summed E-state index contributed by atoms with van der Waals surface area (Å²) in [4.78, 5) is 54.4. The van der Waals surface area contributed by atoms with E-state index < -0.39 is 17.2 Å². The number of anilines is 2. The molecule has 2 heterocycles. The molecule has 0 radical (unpaired) electrons. The molecular weight excluding hydrogens is 434 g/mol. The molecule has 0 bridgehead atoms. The molecule has 0 aliphatic carbocycles. The number of fused-ring (bicyclic) bond motifs is 1. The molecule has 9 heteroatoms. The SMILES string of the molecule is CC(=O)Nc1ccc(NC(=O)Cn2c(=O)n(Cc3ccc(C)cc3)c(=O)c3ncccc32)cc1. The normalized spacial score (nSPS) is 10.8. The van der Waals surface area contributed by atoms with Gasteiger partial charge in [-0.15, -0.1) is 0 Å². The lowest BCUT2D eigenvalue weighted by Crippen LogP contribution is -2.42. The minimum Gasteiger partial charge on any atom is -0.326 e. The number of benzene rings is 2. The Labute approximate surface area is 194 Å². The van der Waals surface area contributed by atoms with E-state index in [4.69, 9.17) is 0 Å². The van der Waals surface area contributed by atoms with Crippen LogP contribution in [0.1, 0.15) is 18.1 Å².